The van der Waals surface area contributed by atoms with Crippen LogP contribution in [0.15, 0.2) is 48.7 Å². The van der Waals surface area contributed by atoms with Crippen LogP contribution in [0, 0.1) is 0 Å². The molecule has 3 rings (SSSR count). The number of primary amides is 2. The van der Waals surface area contributed by atoms with Crippen molar-refractivity contribution in [1.82, 2.24) is 9.78 Å². The van der Waals surface area contributed by atoms with E-state index in [0.29, 0.717) is 29.3 Å². The van der Waals surface area contributed by atoms with Gasteiger partial charge in [-0.1, -0.05) is 18.2 Å². The van der Waals surface area contributed by atoms with Crippen molar-refractivity contribution >= 4 is 18.0 Å². The molecule has 0 aliphatic rings. The van der Waals surface area contributed by atoms with E-state index in [1.54, 1.807) is 30.1 Å². The zero-order chi connectivity index (χ0) is 21.4. The van der Waals surface area contributed by atoms with E-state index in [1.165, 1.54) is 0 Å². The van der Waals surface area contributed by atoms with Gasteiger partial charge in [-0.15, -0.1) is 0 Å². The fraction of sp³-hybridized carbons (Fsp3) is 0.150. The molecule has 1 heterocycles. The summed E-state index contributed by atoms with van der Waals surface area (Å²) >= 11 is 0. The Bertz CT molecular complexity index is 1000. The Morgan fingerprint density at radius 1 is 1.28 bits per heavy atom. The smallest absolute Gasteiger partial charge is 0.271 e. The molecule has 0 aliphatic carbocycles. The van der Waals surface area contributed by atoms with Crippen LogP contribution in [0.2, 0.25) is 0 Å². The molecule has 0 saturated carbocycles. The van der Waals surface area contributed by atoms with Crippen molar-refractivity contribution in [2.24, 2.45) is 11.5 Å². The van der Waals surface area contributed by atoms with Gasteiger partial charge in [0.25, 0.3) is 5.91 Å². The molecule has 0 radical (unpaired) electrons. The number of carbonyl (C=O) groups is 2. The van der Waals surface area contributed by atoms with Crippen LogP contribution >= 0.6 is 0 Å². The Morgan fingerprint density at radius 3 is 2.52 bits per heavy atom. The van der Waals surface area contributed by atoms with E-state index in [2.05, 4.69) is 16.1 Å². The Hall–Kier alpha value is -4.01. The van der Waals surface area contributed by atoms with E-state index in [4.69, 9.17) is 15.3 Å². The second kappa shape index (κ2) is 9.79. The van der Waals surface area contributed by atoms with E-state index in [0.717, 1.165) is 5.56 Å². The van der Waals surface area contributed by atoms with Gasteiger partial charge in [-0.3, -0.25) is 9.59 Å². The van der Waals surface area contributed by atoms with E-state index in [-0.39, 0.29) is 17.9 Å². The number of phenolic OH excluding ortho intramolecular Hbond substituents is 1. The fourth-order valence-electron chi connectivity index (χ4n) is 2.72. The highest BCUT2D eigenvalue weighted by atomic mass is 16.5. The van der Waals surface area contributed by atoms with Gasteiger partial charge in [0.15, 0.2) is 5.69 Å². The van der Waals surface area contributed by atoms with E-state index < -0.39 is 5.91 Å². The zero-order valence-corrected chi connectivity index (χ0v) is 16.1. The number of nitrogens with two attached hydrogens (primary N) is 2. The van der Waals surface area contributed by atoms with Gasteiger partial charge in [0, 0.05) is 24.2 Å². The van der Waals surface area contributed by atoms with Crippen molar-refractivity contribution in [1.29, 1.82) is 0 Å². The lowest BCUT2D eigenvalue weighted by molar-refractivity contribution is -0.106. The maximum atomic E-state index is 11.5. The van der Waals surface area contributed by atoms with E-state index >= 15 is 0 Å². The lowest BCUT2D eigenvalue weighted by Crippen LogP contribution is -2.14. The van der Waals surface area contributed by atoms with Gasteiger partial charge in [0.05, 0.1) is 24.2 Å². The number of para-hydroxylation sites is 1. The minimum Gasteiger partial charge on any atom is -0.507 e. The summed E-state index contributed by atoms with van der Waals surface area (Å²) in [4.78, 5) is 20.1. The summed E-state index contributed by atoms with van der Waals surface area (Å²) in [6.07, 6.45) is 1.94. The van der Waals surface area contributed by atoms with Crippen LogP contribution in [0.3, 0.4) is 0 Å². The Balaban J connectivity index is 0.000000941. The molecule has 9 nitrogen and oxygen atoms in total. The molecule has 0 fully saturated rings. The Morgan fingerprint density at radius 2 is 1.97 bits per heavy atom. The molecule has 0 saturated heterocycles. The van der Waals surface area contributed by atoms with Gasteiger partial charge < -0.3 is 26.6 Å². The van der Waals surface area contributed by atoms with Crippen molar-refractivity contribution in [3.8, 4) is 28.3 Å². The topological polar surface area (TPSA) is 145 Å². The molecule has 0 aliphatic heterocycles. The van der Waals surface area contributed by atoms with Crippen molar-refractivity contribution < 1.29 is 19.4 Å². The van der Waals surface area contributed by atoms with Gasteiger partial charge in [0.1, 0.15) is 11.5 Å². The van der Waals surface area contributed by atoms with Gasteiger partial charge >= 0.3 is 0 Å². The number of benzene rings is 2. The maximum Gasteiger partial charge on any atom is 0.271 e. The predicted molar refractivity (Wildman–Crippen MR) is 110 cm³/mol. The van der Waals surface area contributed by atoms with Crippen LogP contribution in [0.4, 0.5) is 5.69 Å². The van der Waals surface area contributed by atoms with Crippen molar-refractivity contribution in [3.05, 3.63) is 54.4 Å². The third-order valence-electron chi connectivity index (χ3n) is 3.94. The zero-order valence-electron chi connectivity index (χ0n) is 16.1. The molecule has 1 aromatic heterocycles. The first-order chi connectivity index (χ1) is 14.0. The van der Waals surface area contributed by atoms with Crippen molar-refractivity contribution in [3.63, 3.8) is 0 Å². The van der Waals surface area contributed by atoms with E-state index in [1.807, 2.05) is 37.3 Å². The lowest BCUT2D eigenvalue weighted by Gasteiger charge is -2.13. The van der Waals surface area contributed by atoms with Crippen LogP contribution in [0.25, 0.3) is 16.8 Å². The van der Waals surface area contributed by atoms with Gasteiger partial charge in [-0.25, -0.2) is 4.68 Å². The van der Waals surface area contributed by atoms with E-state index in [9.17, 15) is 9.90 Å². The quantitative estimate of drug-likeness (QED) is 0.467. The first-order valence-electron chi connectivity index (χ1n) is 8.74. The Labute approximate surface area is 167 Å². The highest BCUT2D eigenvalue weighted by molar-refractivity contribution is 5.96. The number of nitrogens with zero attached hydrogens (tertiary/aromatic N) is 2. The second-order valence-electron chi connectivity index (χ2n) is 5.72. The third-order valence-corrected chi connectivity index (χ3v) is 3.94. The minimum atomic E-state index is -0.607. The number of ether oxygens (including phenoxy) is 1. The summed E-state index contributed by atoms with van der Waals surface area (Å²) < 4.78 is 7.32. The van der Waals surface area contributed by atoms with Crippen molar-refractivity contribution in [2.75, 3.05) is 19.0 Å². The summed E-state index contributed by atoms with van der Waals surface area (Å²) in [5, 5.41) is 17.3. The highest BCUT2D eigenvalue weighted by Gasteiger charge is 2.16. The molecule has 2 aromatic carbocycles. The number of phenols is 1. The molecule has 0 spiro atoms. The number of aromatic hydroxyl groups is 1. The molecule has 152 valence electrons. The summed E-state index contributed by atoms with van der Waals surface area (Å²) in [5.41, 5.74) is 12.4. The molecular formula is C20H23N5O4. The number of hydrogen-bond acceptors (Lipinski definition) is 6. The maximum absolute atomic E-state index is 11.5. The number of carbonyl (C=O) groups excluding carboxylic acids is 2. The normalized spacial score (nSPS) is 9.86. The first kappa shape index (κ1) is 21.3. The standard InChI is InChI=1S/C19H20N4O3.CH3NO/c1-3-26-17-10-12(23-11-15(21-2)18(22-23)19(20)25)8-9-14(17)13-6-4-5-7-16(13)24;2-1-3/h4-11,21,24H,3H2,1-2H3,(H2,20,25);1H,(H2,2,3). The molecular weight excluding hydrogens is 374 g/mol. The Kier molecular flexibility index (Phi) is 7.19. The summed E-state index contributed by atoms with van der Waals surface area (Å²) in [7, 11) is 1.70. The minimum absolute atomic E-state index is 0.162. The number of aromatic nitrogens is 2. The lowest BCUT2D eigenvalue weighted by atomic mass is 10.0. The molecule has 3 aromatic rings. The van der Waals surface area contributed by atoms with Gasteiger partial charge in [-0.05, 0) is 25.1 Å². The third kappa shape index (κ3) is 4.83. The van der Waals surface area contributed by atoms with Gasteiger partial charge in [0.2, 0.25) is 6.41 Å². The second-order valence-corrected chi connectivity index (χ2v) is 5.72. The molecule has 0 atom stereocenters. The predicted octanol–water partition coefficient (Wildman–Crippen LogP) is 1.89. The first-order valence-corrected chi connectivity index (χ1v) is 8.74. The SMILES string of the molecule is CCOc1cc(-n2cc(NC)c(C(N)=O)n2)ccc1-c1ccccc1O.NC=O. The van der Waals surface area contributed by atoms with Crippen LogP contribution in [-0.2, 0) is 4.79 Å². The average molecular weight is 397 g/mol. The molecule has 9 heteroatoms. The van der Waals surface area contributed by atoms with Crippen LogP contribution in [0.1, 0.15) is 17.4 Å². The molecule has 6 N–H and O–H groups in total. The number of rotatable bonds is 6. The van der Waals surface area contributed by atoms with Crippen LogP contribution in [-0.4, -0.2) is 40.9 Å². The monoisotopic (exact) mass is 397 g/mol. The number of anilines is 1. The van der Waals surface area contributed by atoms with Crippen LogP contribution in [0.5, 0.6) is 11.5 Å². The largest absolute Gasteiger partial charge is 0.507 e. The molecule has 0 bridgehead atoms. The summed E-state index contributed by atoms with van der Waals surface area (Å²) in [6.45, 7) is 2.36. The molecule has 0 unspecified atom stereocenters. The molecule has 2 amide bonds. The van der Waals surface area contributed by atoms with Crippen LogP contribution < -0.4 is 21.5 Å². The number of amides is 2. The fourth-order valence-corrected chi connectivity index (χ4v) is 2.72. The highest BCUT2D eigenvalue weighted by Crippen LogP contribution is 2.37. The number of hydrogen-bond donors (Lipinski definition) is 4. The van der Waals surface area contributed by atoms with Gasteiger partial charge in [-0.2, -0.15) is 5.10 Å². The summed E-state index contributed by atoms with van der Waals surface area (Å²) in [6, 6.07) is 12.6. The number of nitrogens with one attached hydrogen (secondary N) is 1. The summed E-state index contributed by atoms with van der Waals surface area (Å²) in [5.74, 6) is 0.173. The molecule has 29 heavy (non-hydrogen) atoms. The van der Waals surface area contributed by atoms with Crippen molar-refractivity contribution in [2.45, 2.75) is 6.92 Å². The average Bonchev–Trinajstić information content (AvgIpc) is 3.14.